The number of carbonyl (C=O) groups is 1. The molecule has 8 nitrogen and oxygen atoms in total. The Kier molecular flexibility index (Phi) is 6.09. The number of anilines is 1. The monoisotopic (exact) mass is 451 g/mol. The zero-order chi connectivity index (χ0) is 22.6. The average molecular weight is 452 g/mol. The van der Waals surface area contributed by atoms with Gasteiger partial charge in [-0.15, -0.1) is 0 Å². The van der Waals surface area contributed by atoms with E-state index in [4.69, 9.17) is 9.47 Å². The number of fused-ring (bicyclic) bond motifs is 1. The minimum absolute atomic E-state index is 0.185. The first-order valence-corrected chi connectivity index (χ1v) is 11.6. The molecule has 0 bridgehead atoms. The van der Waals surface area contributed by atoms with E-state index in [-0.39, 0.29) is 13.3 Å². The largest absolute Gasteiger partial charge is 0.454 e. The highest BCUT2D eigenvalue weighted by atomic mass is 32.2. The van der Waals surface area contributed by atoms with Gasteiger partial charge in [-0.25, -0.2) is 13.8 Å². The molecule has 1 aliphatic rings. The van der Waals surface area contributed by atoms with E-state index in [1.54, 1.807) is 42.5 Å². The predicted octanol–water partition coefficient (Wildman–Crippen LogP) is 3.15. The second-order valence-corrected chi connectivity index (χ2v) is 9.02. The minimum atomic E-state index is -3.51. The Hall–Kier alpha value is -3.85. The first-order chi connectivity index (χ1) is 15.4. The molecule has 9 heteroatoms. The number of hydrazone groups is 1. The van der Waals surface area contributed by atoms with Crippen LogP contribution >= 0.6 is 0 Å². The third kappa shape index (κ3) is 5.06. The van der Waals surface area contributed by atoms with Crippen LogP contribution in [0.15, 0.2) is 77.9 Å². The van der Waals surface area contributed by atoms with E-state index >= 15 is 0 Å². The van der Waals surface area contributed by atoms with Gasteiger partial charge in [0.15, 0.2) is 11.5 Å². The lowest BCUT2D eigenvalue weighted by Crippen LogP contribution is -2.29. The summed E-state index contributed by atoms with van der Waals surface area (Å²) < 4.78 is 36.5. The van der Waals surface area contributed by atoms with Gasteiger partial charge in [-0.05, 0) is 53.6 Å². The molecule has 1 aliphatic heterocycles. The molecule has 0 radical (unpaired) electrons. The summed E-state index contributed by atoms with van der Waals surface area (Å²) >= 11 is 0. The maximum atomic E-state index is 12.4. The third-order valence-electron chi connectivity index (χ3n) is 4.76. The number of benzene rings is 3. The fourth-order valence-corrected chi connectivity index (χ4v) is 4.04. The van der Waals surface area contributed by atoms with Crippen LogP contribution in [0.25, 0.3) is 0 Å². The maximum Gasteiger partial charge on any atom is 0.271 e. The molecule has 1 heterocycles. The summed E-state index contributed by atoms with van der Waals surface area (Å²) in [5, 5.41) is 3.97. The standard InChI is InChI=1S/C23H21N3O5S/c1-32(28,29)26(15-17-5-3-2-4-6-17)20-10-8-19(9-11-20)23(27)25-24-14-18-7-12-21-22(13-18)31-16-30-21/h2-14H,15-16H2,1H3,(H,25,27). The second kappa shape index (κ2) is 9.11. The highest BCUT2D eigenvalue weighted by Gasteiger charge is 2.18. The van der Waals surface area contributed by atoms with E-state index in [1.165, 1.54) is 10.5 Å². The van der Waals surface area contributed by atoms with E-state index in [1.807, 2.05) is 30.3 Å². The molecule has 0 saturated carbocycles. The highest BCUT2D eigenvalue weighted by molar-refractivity contribution is 7.92. The van der Waals surface area contributed by atoms with Crippen LogP contribution in [0, 0.1) is 0 Å². The molecule has 3 aromatic rings. The quantitative estimate of drug-likeness (QED) is 0.440. The molecule has 4 rings (SSSR count). The smallest absolute Gasteiger partial charge is 0.271 e. The Morgan fingerprint density at radius 3 is 2.47 bits per heavy atom. The van der Waals surface area contributed by atoms with Gasteiger partial charge in [0.25, 0.3) is 5.91 Å². The summed E-state index contributed by atoms with van der Waals surface area (Å²) in [5.74, 6) is 0.881. The molecule has 0 aliphatic carbocycles. The van der Waals surface area contributed by atoms with Gasteiger partial charge < -0.3 is 9.47 Å². The van der Waals surface area contributed by atoms with E-state index in [9.17, 15) is 13.2 Å². The van der Waals surface area contributed by atoms with Crippen molar-refractivity contribution in [3.05, 3.63) is 89.5 Å². The number of rotatable bonds is 7. The van der Waals surface area contributed by atoms with Gasteiger partial charge in [0.2, 0.25) is 16.8 Å². The Morgan fingerprint density at radius 1 is 1.03 bits per heavy atom. The molecule has 0 fully saturated rings. The number of carbonyl (C=O) groups excluding carboxylic acids is 1. The van der Waals surface area contributed by atoms with Crippen LogP contribution in [-0.4, -0.2) is 33.6 Å². The fourth-order valence-electron chi connectivity index (χ4n) is 3.15. The van der Waals surface area contributed by atoms with E-state index in [2.05, 4.69) is 10.5 Å². The van der Waals surface area contributed by atoms with Crippen molar-refractivity contribution < 1.29 is 22.7 Å². The van der Waals surface area contributed by atoms with E-state index in [0.29, 0.717) is 22.7 Å². The minimum Gasteiger partial charge on any atom is -0.454 e. The Balaban J connectivity index is 1.43. The molecular formula is C23H21N3O5S. The average Bonchev–Trinajstić information content (AvgIpc) is 3.25. The van der Waals surface area contributed by atoms with Crippen molar-refractivity contribution in [1.82, 2.24) is 5.43 Å². The summed E-state index contributed by atoms with van der Waals surface area (Å²) in [6, 6.07) is 20.9. The molecule has 0 spiro atoms. The number of nitrogens with one attached hydrogen (secondary N) is 1. The molecule has 0 atom stereocenters. The van der Waals surface area contributed by atoms with Gasteiger partial charge in [-0.3, -0.25) is 9.10 Å². The van der Waals surface area contributed by atoms with E-state index < -0.39 is 15.9 Å². The maximum absolute atomic E-state index is 12.4. The number of ether oxygens (including phenoxy) is 2. The first kappa shape index (κ1) is 21.4. The van der Waals surface area contributed by atoms with Crippen molar-refractivity contribution in [3.63, 3.8) is 0 Å². The van der Waals surface area contributed by atoms with Gasteiger partial charge in [0.1, 0.15) is 0 Å². The van der Waals surface area contributed by atoms with Gasteiger partial charge in [-0.2, -0.15) is 5.10 Å². The normalized spacial score (nSPS) is 12.7. The molecule has 0 saturated heterocycles. The zero-order valence-electron chi connectivity index (χ0n) is 17.3. The summed E-state index contributed by atoms with van der Waals surface area (Å²) in [7, 11) is -3.51. The van der Waals surface area contributed by atoms with Crippen molar-refractivity contribution in [2.24, 2.45) is 5.10 Å². The highest BCUT2D eigenvalue weighted by Crippen LogP contribution is 2.32. The molecule has 0 unspecified atom stereocenters. The van der Waals surface area contributed by atoms with Crippen molar-refractivity contribution in [3.8, 4) is 11.5 Å². The number of nitrogens with zero attached hydrogens (tertiary/aromatic N) is 2. The van der Waals surface area contributed by atoms with Gasteiger partial charge in [0, 0.05) is 5.56 Å². The van der Waals surface area contributed by atoms with Crippen LogP contribution in [0.4, 0.5) is 5.69 Å². The molecule has 164 valence electrons. The van der Waals surface area contributed by atoms with E-state index in [0.717, 1.165) is 17.4 Å². The predicted molar refractivity (Wildman–Crippen MR) is 122 cm³/mol. The van der Waals surface area contributed by atoms with Crippen LogP contribution < -0.4 is 19.2 Å². The SMILES string of the molecule is CS(=O)(=O)N(Cc1ccccc1)c1ccc(C(=O)NN=Cc2ccc3c(c2)OCO3)cc1. The number of hydrogen-bond donors (Lipinski definition) is 1. The molecule has 1 amide bonds. The van der Waals surface area contributed by atoms with Crippen molar-refractivity contribution >= 4 is 27.8 Å². The van der Waals surface area contributed by atoms with Crippen molar-refractivity contribution in [2.45, 2.75) is 6.54 Å². The Morgan fingerprint density at radius 2 is 1.75 bits per heavy atom. The van der Waals surface area contributed by atoms with Crippen LogP contribution in [0.2, 0.25) is 0 Å². The second-order valence-electron chi connectivity index (χ2n) is 7.11. The summed E-state index contributed by atoms with van der Waals surface area (Å²) in [4.78, 5) is 12.4. The van der Waals surface area contributed by atoms with Gasteiger partial charge in [0.05, 0.1) is 24.7 Å². The lowest BCUT2D eigenvalue weighted by Gasteiger charge is -2.22. The first-order valence-electron chi connectivity index (χ1n) is 9.75. The molecule has 0 aromatic heterocycles. The van der Waals surface area contributed by atoms with Crippen molar-refractivity contribution in [1.29, 1.82) is 0 Å². The number of sulfonamides is 1. The lowest BCUT2D eigenvalue weighted by atomic mass is 10.2. The molecule has 32 heavy (non-hydrogen) atoms. The zero-order valence-corrected chi connectivity index (χ0v) is 18.1. The number of hydrogen-bond acceptors (Lipinski definition) is 6. The van der Waals surface area contributed by atoms with Crippen LogP contribution in [0.5, 0.6) is 11.5 Å². The molecule has 3 aromatic carbocycles. The third-order valence-corrected chi connectivity index (χ3v) is 5.90. The lowest BCUT2D eigenvalue weighted by molar-refractivity contribution is 0.0955. The van der Waals surface area contributed by atoms with Crippen LogP contribution in [-0.2, 0) is 16.6 Å². The summed E-state index contributed by atoms with van der Waals surface area (Å²) in [6.45, 7) is 0.385. The Labute approximate surface area is 186 Å². The topological polar surface area (TPSA) is 97.3 Å². The molecular weight excluding hydrogens is 430 g/mol. The van der Waals surface area contributed by atoms with Gasteiger partial charge in [-0.1, -0.05) is 30.3 Å². The molecule has 1 N–H and O–H groups in total. The number of amides is 1. The summed E-state index contributed by atoms with van der Waals surface area (Å²) in [6.07, 6.45) is 2.65. The van der Waals surface area contributed by atoms with Crippen LogP contribution in [0.3, 0.4) is 0 Å². The fraction of sp³-hybridized carbons (Fsp3) is 0.130. The summed E-state index contributed by atoms with van der Waals surface area (Å²) in [5.41, 5.74) is 4.89. The Bertz CT molecular complexity index is 1240. The van der Waals surface area contributed by atoms with Crippen molar-refractivity contribution in [2.75, 3.05) is 17.4 Å². The van der Waals surface area contributed by atoms with Crippen LogP contribution in [0.1, 0.15) is 21.5 Å². The van der Waals surface area contributed by atoms with Gasteiger partial charge >= 0.3 is 0 Å².